The van der Waals surface area contributed by atoms with Gasteiger partial charge in [-0.25, -0.2) is 9.37 Å². The van der Waals surface area contributed by atoms with Gasteiger partial charge in [-0.05, 0) is 30.5 Å². The van der Waals surface area contributed by atoms with Crippen LogP contribution >= 0.6 is 11.3 Å². The van der Waals surface area contributed by atoms with E-state index in [1.165, 1.54) is 18.2 Å². The molecule has 1 aliphatic rings. The molecule has 0 saturated heterocycles. The molecule has 170 valence electrons. The van der Waals surface area contributed by atoms with Gasteiger partial charge in [-0.1, -0.05) is 42.5 Å². The highest BCUT2D eigenvalue weighted by Crippen LogP contribution is 2.20. The minimum atomic E-state index is -0.695. The standard InChI is InChI=1S/C24H23FN4O3S/c25-19-9-5-4-8-18(19)22(31)29-24-27-17(14-33-24)13-21(30)28-20(23(32)26-16-10-11-16)12-15-6-2-1-3-7-15/h1-9,14,16,20H,10-13H2,(H,26,32)(H,28,30)(H,27,29,31). The fraction of sp³-hybridized carbons (Fsp3) is 0.250. The van der Waals surface area contributed by atoms with E-state index < -0.39 is 17.8 Å². The number of aromatic nitrogens is 1. The zero-order valence-corrected chi connectivity index (χ0v) is 18.5. The molecule has 1 fully saturated rings. The summed E-state index contributed by atoms with van der Waals surface area (Å²) in [6, 6.07) is 14.6. The summed E-state index contributed by atoms with van der Waals surface area (Å²) in [6.07, 6.45) is 2.25. The fourth-order valence-electron chi connectivity index (χ4n) is 3.25. The molecule has 1 aliphatic carbocycles. The van der Waals surface area contributed by atoms with Gasteiger partial charge in [-0.2, -0.15) is 0 Å². The van der Waals surface area contributed by atoms with Crippen LogP contribution in [0.4, 0.5) is 9.52 Å². The van der Waals surface area contributed by atoms with Gasteiger partial charge in [0.1, 0.15) is 11.9 Å². The summed E-state index contributed by atoms with van der Waals surface area (Å²) in [4.78, 5) is 41.8. The van der Waals surface area contributed by atoms with Crippen LogP contribution in [0.15, 0.2) is 60.0 Å². The number of rotatable bonds is 9. The van der Waals surface area contributed by atoms with Crippen LogP contribution < -0.4 is 16.0 Å². The smallest absolute Gasteiger partial charge is 0.260 e. The molecule has 1 atom stereocenters. The highest BCUT2D eigenvalue weighted by Gasteiger charge is 2.28. The predicted octanol–water partition coefficient (Wildman–Crippen LogP) is 3.08. The second-order valence-electron chi connectivity index (χ2n) is 7.85. The maximum absolute atomic E-state index is 13.8. The molecule has 9 heteroatoms. The zero-order valence-electron chi connectivity index (χ0n) is 17.7. The minimum absolute atomic E-state index is 0.0476. The molecule has 0 radical (unpaired) electrons. The molecule has 1 saturated carbocycles. The van der Waals surface area contributed by atoms with Crippen molar-refractivity contribution in [1.82, 2.24) is 15.6 Å². The lowest BCUT2D eigenvalue weighted by Crippen LogP contribution is -2.49. The summed E-state index contributed by atoms with van der Waals surface area (Å²) in [5.41, 5.74) is 1.31. The first-order valence-corrected chi connectivity index (χ1v) is 11.5. The molecule has 2 aromatic carbocycles. The first-order chi connectivity index (χ1) is 16.0. The molecular weight excluding hydrogens is 443 g/mol. The zero-order chi connectivity index (χ0) is 23.2. The number of benzene rings is 2. The Morgan fingerprint density at radius 1 is 1.06 bits per heavy atom. The molecule has 1 heterocycles. The monoisotopic (exact) mass is 466 g/mol. The molecule has 0 spiro atoms. The average Bonchev–Trinajstić information content (AvgIpc) is 3.51. The van der Waals surface area contributed by atoms with Gasteiger partial charge in [0.2, 0.25) is 11.8 Å². The topological polar surface area (TPSA) is 100 Å². The van der Waals surface area contributed by atoms with Crippen LogP contribution in [0.5, 0.6) is 0 Å². The number of halogens is 1. The summed E-state index contributed by atoms with van der Waals surface area (Å²) in [5, 5.41) is 10.2. The number of nitrogens with zero attached hydrogens (tertiary/aromatic N) is 1. The highest BCUT2D eigenvalue weighted by atomic mass is 32.1. The largest absolute Gasteiger partial charge is 0.352 e. The number of carbonyl (C=O) groups is 3. The minimum Gasteiger partial charge on any atom is -0.352 e. The molecule has 4 rings (SSSR count). The fourth-order valence-corrected chi connectivity index (χ4v) is 3.96. The van der Waals surface area contributed by atoms with Crippen molar-refractivity contribution in [2.45, 2.75) is 37.8 Å². The SMILES string of the molecule is O=C(Cc1csc(NC(=O)c2ccccc2F)n1)NC(Cc1ccccc1)C(=O)NC1CC1. The Kier molecular flexibility index (Phi) is 7.09. The molecule has 1 unspecified atom stereocenters. The number of carbonyl (C=O) groups excluding carboxylic acids is 3. The highest BCUT2D eigenvalue weighted by molar-refractivity contribution is 7.14. The molecule has 7 nitrogen and oxygen atoms in total. The lowest BCUT2D eigenvalue weighted by atomic mass is 10.0. The van der Waals surface area contributed by atoms with E-state index in [2.05, 4.69) is 20.9 Å². The van der Waals surface area contributed by atoms with Gasteiger partial charge in [-0.3, -0.25) is 19.7 Å². The molecule has 1 aromatic heterocycles. The van der Waals surface area contributed by atoms with Crippen molar-refractivity contribution in [3.63, 3.8) is 0 Å². The summed E-state index contributed by atoms with van der Waals surface area (Å²) in [6.45, 7) is 0. The van der Waals surface area contributed by atoms with Crippen molar-refractivity contribution < 1.29 is 18.8 Å². The van der Waals surface area contributed by atoms with Gasteiger partial charge in [0, 0.05) is 17.8 Å². The van der Waals surface area contributed by atoms with Gasteiger partial charge in [0.25, 0.3) is 5.91 Å². The van der Waals surface area contributed by atoms with Gasteiger partial charge < -0.3 is 10.6 Å². The number of amides is 3. The van der Waals surface area contributed by atoms with Crippen molar-refractivity contribution in [2.24, 2.45) is 0 Å². The second-order valence-corrected chi connectivity index (χ2v) is 8.71. The van der Waals surface area contributed by atoms with Crippen molar-refractivity contribution in [1.29, 1.82) is 0 Å². The molecule has 3 amide bonds. The van der Waals surface area contributed by atoms with Gasteiger partial charge in [-0.15, -0.1) is 11.3 Å². The Hall–Kier alpha value is -3.59. The van der Waals surface area contributed by atoms with Crippen LogP contribution in [0.25, 0.3) is 0 Å². The van der Waals surface area contributed by atoms with Crippen LogP contribution in [-0.2, 0) is 22.4 Å². The Balaban J connectivity index is 1.36. The number of hydrogen-bond donors (Lipinski definition) is 3. The quantitative estimate of drug-likeness (QED) is 0.451. The van der Waals surface area contributed by atoms with E-state index in [0.29, 0.717) is 12.1 Å². The lowest BCUT2D eigenvalue weighted by Gasteiger charge is -2.18. The van der Waals surface area contributed by atoms with E-state index in [4.69, 9.17) is 0 Å². The van der Waals surface area contributed by atoms with E-state index in [-0.39, 0.29) is 35.0 Å². The third-order valence-corrected chi connectivity index (χ3v) is 5.90. The van der Waals surface area contributed by atoms with E-state index in [0.717, 1.165) is 29.7 Å². The molecule has 0 bridgehead atoms. The first kappa shape index (κ1) is 22.6. The van der Waals surface area contributed by atoms with E-state index in [1.54, 1.807) is 11.4 Å². The van der Waals surface area contributed by atoms with Crippen molar-refractivity contribution >= 4 is 34.2 Å². The van der Waals surface area contributed by atoms with E-state index >= 15 is 0 Å². The summed E-state index contributed by atoms with van der Waals surface area (Å²) in [5.74, 6) is -1.79. The van der Waals surface area contributed by atoms with Crippen LogP contribution in [0.3, 0.4) is 0 Å². The van der Waals surface area contributed by atoms with Gasteiger partial charge >= 0.3 is 0 Å². The molecular formula is C24H23FN4O3S. The Morgan fingerprint density at radius 2 is 1.79 bits per heavy atom. The number of hydrogen-bond acceptors (Lipinski definition) is 5. The Labute approximate surface area is 194 Å². The normalized spacial score (nSPS) is 13.7. The number of thiazole rings is 1. The van der Waals surface area contributed by atoms with Crippen molar-refractivity contribution in [3.8, 4) is 0 Å². The third kappa shape index (κ3) is 6.45. The summed E-state index contributed by atoms with van der Waals surface area (Å²) < 4.78 is 13.8. The summed E-state index contributed by atoms with van der Waals surface area (Å²) >= 11 is 1.14. The third-order valence-electron chi connectivity index (χ3n) is 5.09. The average molecular weight is 467 g/mol. The Morgan fingerprint density at radius 3 is 2.52 bits per heavy atom. The molecule has 3 N–H and O–H groups in total. The molecule has 0 aliphatic heterocycles. The van der Waals surface area contributed by atoms with Crippen molar-refractivity contribution in [3.05, 3.63) is 82.6 Å². The maximum Gasteiger partial charge on any atom is 0.260 e. The van der Waals surface area contributed by atoms with Crippen LogP contribution in [0, 0.1) is 5.82 Å². The number of nitrogens with one attached hydrogen (secondary N) is 3. The van der Waals surface area contributed by atoms with Gasteiger partial charge in [0.05, 0.1) is 17.7 Å². The summed E-state index contributed by atoms with van der Waals surface area (Å²) in [7, 11) is 0. The van der Waals surface area contributed by atoms with E-state index in [9.17, 15) is 18.8 Å². The van der Waals surface area contributed by atoms with Crippen LogP contribution in [0.2, 0.25) is 0 Å². The van der Waals surface area contributed by atoms with Crippen LogP contribution in [-0.4, -0.2) is 34.8 Å². The lowest BCUT2D eigenvalue weighted by molar-refractivity contribution is -0.128. The van der Waals surface area contributed by atoms with Gasteiger partial charge in [0.15, 0.2) is 5.13 Å². The molecule has 33 heavy (non-hydrogen) atoms. The maximum atomic E-state index is 13.8. The van der Waals surface area contributed by atoms with Crippen molar-refractivity contribution in [2.75, 3.05) is 5.32 Å². The predicted molar refractivity (Wildman–Crippen MR) is 123 cm³/mol. The molecule has 3 aromatic rings. The van der Waals surface area contributed by atoms with E-state index in [1.807, 2.05) is 30.3 Å². The van der Waals surface area contributed by atoms with Crippen LogP contribution in [0.1, 0.15) is 34.5 Å². The first-order valence-electron chi connectivity index (χ1n) is 10.6. The second kappa shape index (κ2) is 10.4. The number of anilines is 1. The Bertz CT molecular complexity index is 1150.